The Balaban J connectivity index is 2.19. The van der Waals surface area contributed by atoms with Crippen molar-refractivity contribution in [1.29, 1.82) is 0 Å². The first-order valence-corrected chi connectivity index (χ1v) is 4.80. The minimum Gasteiger partial charge on any atom is -0.438 e. The molecule has 2 heterocycles. The van der Waals surface area contributed by atoms with Crippen molar-refractivity contribution in [3.05, 3.63) is 22.4 Å². The molecule has 1 amide bonds. The number of carbonyl (C=O) groups excluding carboxylic acids is 1. The van der Waals surface area contributed by atoms with Crippen molar-refractivity contribution in [2.24, 2.45) is 0 Å². The Labute approximate surface area is 79.1 Å². The maximum absolute atomic E-state index is 10.9. The molecule has 1 saturated heterocycles. The summed E-state index contributed by atoms with van der Waals surface area (Å²) >= 11 is 1.51. The summed E-state index contributed by atoms with van der Waals surface area (Å²) in [6.45, 7) is -0.103. The van der Waals surface area contributed by atoms with E-state index in [1.54, 1.807) is 0 Å². The molecule has 0 aliphatic carbocycles. The molecule has 1 aliphatic rings. The van der Waals surface area contributed by atoms with Crippen molar-refractivity contribution in [1.82, 2.24) is 5.32 Å². The van der Waals surface area contributed by atoms with Crippen molar-refractivity contribution in [2.45, 2.75) is 12.1 Å². The molecule has 0 spiro atoms. The molecular formula is C8H9NO3S. The Bertz CT molecular complexity index is 298. The van der Waals surface area contributed by atoms with E-state index < -0.39 is 6.09 Å². The average Bonchev–Trinajstić information content (AvgIpc) is 2.71. The summed E-state index contributed by atoms with van der Waals surface area (Å²) in [5.74, 6) is 0. The van der Waals surface area contributed by atoms with Crippen LogP contribution in [0, 0.1) is 0 Å². The van der Waals surface area contributed by atoms with Gasteiger partial charge in [0.1, 0.15) is 0 Å². The lowest BCUT2D eigenvalue weighted by Gasteiger charge is -2.11. The lowest BCUT2D eigenvalue weighted by Crippen LogP contribution is -2.30. The molecule has 2 atom stereocenters. The molecule has 1 aliphatic heterocycles. The van der Waals surface area contributed by atoms with E-state index in [1.807, 2.05) is 17.5 Å². The normalized spacial score (nSPS) is 27.0. The van der Waals surface area contributed by atoms with Gasteiger partial charge in [0.15, 0.2) is 6.10 Å². The molecule has 0 saturated carbocycles. The number of nitrogens with one attached hydrogen (secondary N) is 1. The van der Waals surface area contributed by atoms with E-state index in [0.717, 1.165) is 4.88 Å². The minimum absolute atomic E-state index is 0.103. The number of amides is 1. The molecule has 0 bridgehead atoms. The third-order valence-corrected chi connectivity index (χ3v) is 2.86. The molecular weight excluding hydrogens is 190 g/mol. The van der Waals surface area contributed by atoms with Gasteiger partial charge in [-0.05, 0) is 11.4 Å². The number of cyclic esters (lactones) is 1. The second-order valence-corrected chi connectivity index (χ2v) is 3.75. The summed E-state index contributed by atoms with van der Waals surface area (Å²) in [6, 6.07) is 3.46. The summed E-state index contributed by atoms with van der Waals surface area (Å²) in [7, 11) is 0. The fourth-order valence-electron chi connectivity index (χ4n) is 1.31. The van der Waals surface area contributed by atoms with Gasteiger partial charge in [0.25, 0.3) is 0 Å². The number of alkyl carbamates (subject to hydrolysis) is 1. The van der Waals surface area contributed by atoms with Crippen LogP contribution in [0.4, 0.5) is 4.79 Å². The predicted octanol–water partition coefficient (Wildman–Crippen LogP) is 0.890. The highest BCUT2D eigenvalue weighted by molar-refractivity contribution is 7.10. The molecule has 0 aromatic carbocycles. The van der Waals surface area contributed by atoms with Gasteiger partial charge < -0.3 is 15.2 Å². The standard InChI is InChI=1S/C8H9NO3S/c10-4-5-7(12-8(11)9-5)6-2-1-3-13-6/h1-3,5,7,10H,4H2,(H,9,11). The van der Waals surface area contributed by atoms with E-state index in [4.69, 9.17) is 9.84 Å². The Morgan fingerprint density at radius 2 is 2.54 bits per heavy atom. The van der Waals surface area contributed by atoms with Gasteiger partial charge in [-0.25, -0.2) is 4.79 Å². The largest absolute Gasteiger partial charge is 0.438 e. The molecule has 1 aromatic rings. The Morgan fingerprint density at radius 3 is 3.15 bits per heavy atom. The molecule has 2 unspecified atom stereocenters. The summed E-state index contributed by atoms with van der Waals surface area (Å²) in [6.07, 6.45) is -0.796. The van der Waals surface area contributed by atoms with E-state index in [1.165, 1.54) is 11.3 Å². The fraction of sp³-hybridized carbons (Fsp3) is 0.375. The van der Waals surface area contributed by atoms with Crippen LogP contribution in [0.1, 0.15) is 11.0 Å². The minimum atomic E-state index is -0.461. The molecule has 13 heavy (non-hydrogen) atoms. The van der Waals surface area contributed by atoms with Crippen LogP contribution < -0.4 is 5.32 Å². The van der Waals surface area contributed by atoms with Crippen LogP contribution >= 0.6 is 11.3 Å². The molecule has 1 aromatic heterocycles. The zero-order valence-corrected chi connectivity index (χ0v) is 7.58. The van der Waals surface area contributed by atoms with E-state index in [2.05, 4.69) is 5.32 Å². The fourth-order valence-corrected chi connectivity index (χ4v) is 2.13. The summed E-state index contributed by atoms with van der Waals surface area (Å²) < 4.78 is 5.01. The highest BCUT2D eigenvalue weighted by Crippen LogP contribution is 2.29. The zero-order valence-electron chi connectivity index (χ0n) is 6.77. The van der Waals surface area contributed by atoms with Gasteiger partial charge in [0.05, 0.1) is 12.6 Å². The highest BCUT2D eigenvalue weighted by atomic mass is 32.1. The maximum Gasteiger partial charge on any atom is 0.408 e. The molecule has 70 valence electrons. The second kappa shape index (κ2) is 3.35. The van der Waals surface area contributed by atoms with Gasteiger partial charge in [0, 0.05) is 4.88 Å². The van der Waals surface area contributed by atoms with Crippen LogP contribution in [0.5, 0.6) is 0 Å². The highest BCUT2D eigenvalue weighted by Gasteiger charge is 2.35. The number of ether oxygens (including phenoxy) is 1. The topological polar surface area (TPSA) is 58.6 Å². The maximum atomic E-state index is 10.9. The monoisotopic (exact) mass is 199 g/mol. The Hall–Kier alpha value is -1.07. The van der Waals surface area contributed by atoms with Crippen LogP contribution in [0.15, 0.2) is 17.5 Å². The van der Waals surface area contributed by atoms with E-state index >= 15 is 0 Å². The van der Waals surface area contributed by atoms with Crippen molar-refractivity contribution < 1.29 is 14.6 Å². The molecule has 0 radical (unpaired) electrons. The number of hydrogen-bond acceptors (Lipinski definition) is 4. The third kappa shape index (κ3) is 1.52. The second-order valence-electron chi connectivity index (χ2n) is 2.77. The van der Waals surface area contributed by atoms with Crippen molar-refractivity contribution in [3.8, 4) is 0 Å². The van der Waals surface area contributed by atoms with Gasteiger partial charge in [-0.15, -0.1) is 11.3 Å². The lowest BCUT2D eigenvalue weighted by atomic mass is 10.1. The molecule has 4 nitrogen and oxygen atoms in total. The summed E-state index contributed by atoms with van der Waals surface area (Å²) in [5.41, 5.74) is 0. The quantitative estimate of drug-likeness (QED) is 0.743. The Morgan fingerprint density at radius 1 is 1.69 bits per heavy atom. The number of thiophene rings is 1. The van der Waals surface area contributed by atoms with E-state index in [-0.39, 0.29) is 18.8 Å². The molecule has 1 fully saturated rings. The zero-order chi connectivity index (χ0) is 9.26. The number of aliphatic hydroxyl groups is 1. The Kier molecular flexibility index (Phi) is 2.20. The smallest absolute Gasteiger partial charge is 0.408 e. The van der Waals surface area contributed by atoms with E-state index in [0.29, 0.717) is 0 Å². The van der Waals surface area contributed by atoms with Crippen LogP contribution in [0.2, 0.25) is 0 Å². The number of aliphatic hydroxyl groups excluding tert-OH is 1. The van der Waals surface area contributed by atoms with Crippen molar-refractivity contribution in [2.75, 3.05) is 6.61 Å². The first-order chi connectivity index (χ1) is 6.31. The van der Waals surface area contributed by atoms with Gasteiger partial charge in [-0.1, -0.05) is 6.07 Å². The predicted molar refractivity (Wildman–Crippen MR) is 47.6 cm³/mol. The lowest BCUT2D eigenvalue weighted by molar-refractivity contribution is 0.121. The van der Waals surface area contributed by atoms with Gasteiger partial charge in [0.2, 0.25) is 0 Å². The summed E-state index contributed by atoms with van der Waals surface area (Å²) in [4.78, 5) is 11.8. The van der Waals surface area contributed by atoms with Crippen molar-refractivity contribution >= 4 is 17.4 Å². The first-order valence-electron chi connectivity index (χ1n) is 3.92. The van der Waals surface area contributed by atoms with Crippen molar-refractivity contribution in [3.63, 3.8) is 0 Å². The SMILES string of the molecule is O=C1NC(CO)C(c2cccs2)O1. The number of hydrogen-bond donors (Lipinski definition) is 2. The molecule has 5 heteroatoms. The van der Waals surface area contributed by atoms with Gasteiger partial charge in [-0.2, -0.15) is 0 Å². The van der Waals surface area contributed by atoms with E-state index in [9.17, 15) is 4.79 Å². The van der Waals surface area contributed by atoms with Gasteiger partial charge >= 0.3 is 6.09 Å². The average molecular weight is 199 g/mol. The first kappa shape index (κ1) is 8.52. The van der Waals surface area contributed by atoms with Crippen LogP contribution in [-0.4, -0.2) is 23.8 Å². The molecule has 2 N–H and O–H groups in total. The van der Waals surface area contributed by atoms with Crippen LogP contribution in [-0.2, 0) is 4.74 Å². The molecule has 2 rings (SSSR count). The van der Waals surface area contributed by atoms with Crippen LogP contribution in [0.3, 0.4) is 0 Å². The number of rotatable bonds is 2. The number of carbonyl (C=O) groups is 1. The van der Waals surface area contributed by atoms with Crippen LogP contribution in [0.25, 0.3) is 0 Å². The third-order valence-electron chi connectivity index (χ3n) is 1.92. The summed E-state index contributed by atoms with van der Waals surface area (Å²) in [5, 5.41) is 13.4. The van der Waals surface area contributed by atoms with Gasteiger partial charge in [-0.3, -0.25) is 0 Å².